The van der Waals surface area contributed by atoms with E-state index < -0.39 is 5.60 Å². The van der Waals surface area contributed by atoms with Crippen LogP contribution in [0.4, 0.5) is 4.79 Å². The molecule has 0 aliphatic carbocycles. The van der Waals surface area contributed by atoms with Gasteiger partial charge in [-0.1, -0.05) is 0 Å². The van der Waals surface area contributed by atoms with Crippen molar-refractivity contribution in [3.05, 3.63) is 0 Å². The minimum atomic E-state index is -0.421. The van der Waals surface area contributed by atoms with E-state index in [2.05, 4.69) is 17.6 Å². The number of carbonyl (C=O) groups is 1. The lowest BCUT2D eigenvalue weighted by atomic mass is 9.93. The fourth-order valence-corrected chi connectivity index (χ4v) is 2.39. The molecule has 2 N–H and O–H groups in total. The molecule has 1 aliphatic rings. The van der Waals surface area contributed by atoms with Gasteiger partial charge >= 0.3 is 6.09 Å². The number of amides is 1. The van der Waals surface area contributed by atoms with E-state index in [4.69, 9.17) is 4.74 Å². The van der Waals surface area contributed by atoms with Crippen LogP contribution in [0.25, 0.3) is 0 Å². The van der Waals surface area contributed by atoms with Crippen LogP contribution in [0.15, 0.2) is 0 Å². The highest BCUT2D eigenvalue weighted by Crippen LogP contribution is 2.19. The van der Waals surface area contributed by atoms with Gasteiger partial charge in [0.2, 0.25) is 0 Å². The number of alkyl carbamates (subject to hydrolysis) is 1. The van der Waals surface area contributed by atoms with Crippen molar-refractivity contribution in [1.29, 1.82) is 0 Å². The SMILES string of the molecule is CC(CC1CCCNCC1)NC(=O)OC(C)(C)C. The van der Waals surface area contributed by atoms with Crippen molar-refractivity contribution in [1.82, 2.24) is 10.6 Å². The summed E-state index contributed by atoms with van der Waals surface area (Å²) in [7, 11) is 0. The van der Waals surface area contributed by atoms with E-state index in [9.17, 15) is 4.79 Å². The van der Waals surface area contributed by atoms with E-state index in [1.54, 1.807) is 0 Å². The second-order valence-corrected chi connectivity index (χ2v) is 6.33. The third-order valence-electron chi connectivity index (χ3n) is 3.15. The quantitative estimate of drug-likeness (QED) is 0.816. The van der Waals surface area contributed by atoms with Crippen LogP contribution in [-0.4, -0.2) is 30.8 Å². The maximum Gasteiger partial charge on any atom is 0.407 e. The molecule has 1 heterocycles. The summed E-state index contributed by atoms with van der Waals surface area (Å²) >= 11 is 0. The summed E-state index contributed by atoms with van der Waals surface area (Å²) in [6.45, 7) is 9.94. The Labute approximate surface area is 111 Å². The topological polar surface area (TPSA) is 50.4 Å². The van der Waals surface area contributed by atoms with E-state index in [1.165, 1.54) is 19.3 Å². The first-order chi connectivity index (χ1) is 8.37. The summed E-state index contributed by atoms with van der Waals surface area (Å²) in [5.74, 6) is 0.713. The summed E-state index contributed by atoms with van der Waals surface area (Å²) in [6, 6.07) is 0.183. The molecule has 0 aromatic rings. The molecule has 2 unspecified atom stereocenters. The molecule has 1 saturated heterocycles. The average Bonchev–Trinajstić information content (AvgIpc) is 2.42. The number of carbonyl (C=O) groups excluding carboxylic acids is 1. The van der Waals surface area contributed by atoms with Crippen molar-refractivity contribution in [2.45, 2.75) is 65.0 Å². The molecule has 1 fully saturated rings. The minimum absolute atomic E-state index is 0.183. The first-order valence-electron chi connectivity index (χ1n) is 7.07. The number of ether oxygens (including phenoxy) is 1. The Morgan fingerprint density at radius 2 is 2.11 bits per heavy atom. The summed E-state index contributed by atoms with van der Waals surface area (Å²) in [4.78, 5) is 11.6. The van der Waals surface area contributed by atoms with Gasteiger partial charge in [-0.25, -0.2) is 4.79 Å². The van der Waals surface area contributed by atoms with Gasteiger partial charge in [-0.3, -0.25) is 0 Å². The van der Waals surface area contributed by atoms with Crippen molar-refractivity contribution < 1.29 is 9.53 Å². The molecular weight excluding hydrogens is 228 g/mol. The second kappa shape index (κ2) is 6.98. The number of hydrogen-bond acceptors (Lipinski definition) is 3. The minimum Gasteiger partial charge on any atom is -0.444 e. The molecule has 1 rings (SSSR count). The molecule has 4 nitrogen and oxygen atoms in total. The van der Waals surface area contributed by atoms with Gasteiger partial charge in [0, 0.05) is 6.04 Å². The second-order valence-electron chi connectivity index (χ2n) is 6.33. The molecule has 0 spiro atoms. The van der Waals surface area contributed by atoms with Crippen LogP contribution in [0.2, 0.25) is 0 Å². The van der Waals surface area contributed by atoms with E-state index in [0.717, 1.165) is 19.5 Å². The number of hydrogen-bond donors (Lipinski definition) is 2. The third kappa shape index (κ3) is 6.84. The smallest absolute Gasteiger partial charge is 0.407 e. The van der Waals surface area contributed by atoms with Gasteiger partial charge < -0.3 is 15.4 Å². The Morgan fingerprint density at radius 3 is 2.78 bits per heavy atom. The lowest BCUT2D eigenvalue weighted by Gasteiger charge is -2.24. The maximum atomic E-state index is 11.6. The molecule has 0 bridgehead atoms. The Hall–Kier alpha value is -0.770. The molecule has 1 aliphatic heterocycles. The lowest BCUT2D eigenvalue weighted by Crippen LogP contribution is -2.38. The first kappa shape index (κ1) is 15.3. The third-order valence-corrected chi connectivity index (χ3v) is 3.15. The van der Waals surface area contributed by atoms with Crippen LogP contribution in [0.1, 0.15) is 53.4 Å². The van der Waals surface area contributed by atoms with Gasteiger partial charge in [-0.2, -0.15) is 0 Å². The number of rotatable bonds is 3. The fraction of sp³-hybridized carbons (Fsp3) is 0.929. The highest BCUT2D eigenvalue weighted by molar-refractivity contribution is 5.67. The molecule has 1 amide bonds. The Bertz CT molecular complexity index is 253. The summed E-state index contributed by atoms with van der Waals surface area (Å²) in [5, 5.41) is 6.33. The van der Waals surface area contributed by atoms with Crippen LogP contribution >= 0.6 is 0 Å². The van der Waals surface area contributed by atoms with Crippen LogP contribution in [-0.2, 0) is 4.74 Å². The van der Waals surface area contributed by atoms with Crippen molar-refractivity contribution in [2.24, 2.45) is 5.92 Å². The van der Waals surface area contributed by atoms with Gasteiger partial charge in [-0.05, 0) is 72.4 Å². The van der Waals surface area contributed by atoms with Crippen molar-refractivity contribution in [2.75, 3.05) is 13.1 Å². The van der Waals surface area contributed by atoms with Crippen molar-refractivity contribution in [3.63, 3.8) is 0 Å². The molecule has 0 radical (unpaired) electrons. The predicted molar refractivity (Wildman–Crippen MR) is 73.7 cm³/mol. The summed E-state index contributed by atoms with van der Waals surface area (Å²) < 4.78 is 5.26. The molecule has 0 aromatic carbocycles. The Kier molecular flexibility index (Phi) is 5.93. The summed E-state index contributed by atoms with van der Waals surface area (Å²) in [6.07, 6.45) is 4.44. The van der Waals surface area contributed by atoms with Gasteiger partial charge in [0.15, 0.2) is 0 Å². The zero-order valence-electron chi connectivity index (χ0n) is 12.2. The maximum absolute atomic E-state index is 11.6. The normalized spacial score (nSPS) is 23.0. The molecule has 0 aromatic heterocycles. The first-order valence-corrected chi connectivity index (χ1v) is 7.07. The molecule has 106 valence electrons. The van der Waals surface area contributed by atoms with E-state index in [-0.39, 0.29) is 12.1 Å². The van der Waals surface area contributed by atoms with Crippen LogP contribution in [0.5, 0.6) is 0 Å². The van der Waals surface area contributed by atoms with Crippen LogP contribution in [0, 0.1) is 5.92 Å². The fourth-order valence-electron chi connectivity index (χ4n) is 2.39. The Morgan fingerprint density at radius 1 is 1.39 bits per heavy atom. The van der Waals surface area contributed by atoms with Crippen molar-refractivity contribution in [3.8, 4) is 0 Å². The number of nitrogens with one attached hydrogen (secondary N) is 2. The molecule has 0 saturated carbocycles. The van der Waals surface area contributed by atoms with Crippen LogP contribution < -0.4 is 10.6 Å². The largest absolute Gasteiger partial charge is 0.444 e. The van der Waals surface area contributed by atoms with E-state index in [0.29, 0.717) is 5.92 Å². The van der Waals surface area contributed by atoms with E-state index >= 15 is 0 Å². The average molecular weight is 256 g/mol. The van der Waals surface area contributed by atoms with Gasteiger partial charge in [0.25, 0.3) is 0 Å². The van der Waals surface area contributed by atoms with Gasteiger partial charge in [0.05, 0.1) is 0 Å². The predicted octanol–water partition coefficient (Wildman–Crippen LogP) is 2.68. The van der Waals surface area contributed by atoms with Gasteiger partial charge in [0.1, 0.15) is 5.60 Å². The monoisotopic (exact) mass is 256 g/mol. The van der Waals surface area contributed by atoms with Gasteiger partial charge in [-0.15, -0.1) is 0 Å². The lowest BCUT2D eigenvalue weighted by molar-refractivity contribution is 0.0502. The zero-order chi connectivity index (χ0) is 13.6. The zero-order valence-corrected chi connectivity index (χ0v) is 12.2. The van der Waals surface area contributed by atoms with Crippen LogP contribution in [0.3, 0.4) is 0 Å². The summed E-state index contributed by atoms with van der Waals surface area (Å²) in [5.41, 5.74) is -0.421. The van der Waals surface area contributed by atoms with E-state index in [1.807, 2.05) is 20.8 Å². The Balaban J connectivity index is 2.27. The molecule has 4 heteroatoms. The molecular formula is C14H28N2O2. The molecule has 2 atom stereocenters. The molecule has 18 heavy (non-hydrogen) atoms. The highest BCUT2D eigenvalue weighted by Gasteiger charge is 2.20. The highest BCUT2D eigenvalue weighted by atomic mass is 16.6. The standard InChI is InChI=1S/C14H28N2O2/c1-11(16-13(17)18-14(2,3)4)10-12-6-5-8-15-9-7-12/h11-12,15H,5-10H2,1-4H3,(H,16,17). The van der Waals surface area contributed by atoms with Crippen molar-refractivity contribution >= 4 is 6.09 Å².